The van der Waals surface area contributed by atoms with E-state index in [9.17, 15) is 9.90 Å². The van der Waals surface area contributed by atoms with Gasteiger partial charge in [-0.05, 0) is 41.7 Å². The number of aliphatic hydroxyl groups excluding tert-OH is 1. The molecule has 0 spiro atoms. The minimum atomic E-state index is -0.513. The number of hydrogen-bond acceptors (Lipinski definition) is 5. The Labute approximate surface area is 244 Å². The molecule has 1 saturated heterocycles. The van der Waals surface area contributed by atoms with Crippen LogP contribution >= 0.6 is 0 Å². The molecule has 1 aliphatic heterocycles. The molecular formula is C35H42N2O4. The predicted molar refractivity (Wildman–Crippen MR) is 161 cm³/mol. The molecule has 6 nitrogen and oxygen atoms in total. The van der Waals surface area contributed by atoms with E-state index in [4.69, 9.17) is 9.47 Å². The molecule has 1 aliphatic carbocycles. The van der Waals surface area contributed by atoms with Gasteiger partial charge in [0.15, 0.2) is 6.29 Å². The maximum absolute atomic E-state index is 12.5. The van der Waals surface area contributed by atoms with E-state index in [-0.39, 0.29) is 30.6 Å². The van der Waals surface area contributed by atoms with Crippen LogP contribution in [0.4, 0.5) is 0 Å². The summed E-state index contributed by atoms with van der Waals surface area (Å²) in [7, 11) is 0. The number of rotatable bonds is 11. The Bertz CT molecular complexity index is 1260. The molecule has 3 aromatic rings. The van der Waals surface area contributed by atoms with E-state index in [2.05, 4.69) is 35.9 Å². The summed E-state index contributed by atoms with van der Waals surface area (Å²) in [5.74, 6) is 0.0410. The van der Waals surface area contributed by atoms with E-state index in [0.717, 1.165) is 35.3 Å². The van der Waals surface area contributed by atoms with Crippen LogP contribution in [0.25, 0.3) is 0 Å². The molecule has 0 unspecified atom stereocenters. The number of amides is 1. The summed E-state index contributed by atoms with van der Waals surface area (Å²) in [6.07, 6.45) is 6.33. The maximum Gasteiger partial charge on any atom is 0.251 e. The minimum Gasteiger partial charge on any atom is -0.392 e. The molecule has 0 radical (unpaired) electrons. The van der Waals surface area contributed by atoms with Gasteiger partial charge in [-0.1, -0.05) is 92.6 Å². The van der Waals surface area contributed by atoms with Gasteiger partial charge in [-0.15, -0.1) is 6.58 Å². The number of aliphatic hydroxyl groups is 1. The van der Waals surface area contributed by atoms with E-state index >= 15 is 0 Å². The zero-order chi connectivity index (χ0) is 28.6. The molecule has 6 heteroatoms. The molecule has 5 rings (SSSR count). The highest BCUT2D eigenvalue weighted by atomic mass is 16.7. The highest BCUT2D eigenvalue weighted by molar-refractivity contribution is 5.94. The Morgan fingerprint density at radius 3 is 2.27 bits per heavy atom. The molecule has 0 aromatic heterocycles. The first kappa shape index (κ1) is 29.2. The quantitative estimate of drug-likeness (QED) is 0.271. The lowest BCUT2D eigenvalue weighted by Crippen LogP contribution is -2.47. The number of carbonyl (C=O) groups is 1. The van der Waals surface area contributed by atoms with Crippen LogP contribution in [0.2, 0.25) is 0 Å². The van der Waals surface area contributed by atoms with Crippen LogP contribution in [0.15, 0.2) is 91.5 Å². The molecule has 1 amide bonds. The van der Waals surface area contributed by atoms with Crippen LogP contribution in [-0.2, 0) is 22.6 Å². The van der Waals surface area contributed by atoms with Crippen LogP contribution < -0.4 is 5.32 Å². The number of nitrogens with one attached hydrogen (secondary N) is 1. The van der Waals surface area contributed by atoms with Crippen LogP contribution in [-0.4, -0.2) is 41.1 Å². The summed E-state index contributed by atoms with van der Waals surface area (Å²) in [5.41, 5.74) is 4.58. The lowest BCUT2D eigenvalue weighted by atomic mass is 9.89. The second-order valence-electron chi connectivity index (χ2n) is 11.3. The first-order valence-electron chi connectivity index (χ1n) is 14.8. The van der Waals surface area contributed by atoms with E-state index in [0.29, 0.717) is 18.2 Å². The van der Waals surface area contributed by atoms with Crippen molar-refractivity contribution in [1.82, 2.24) is 10.2 Å². The minimum absolute atomic E-state index is 0.0196. The van der Waals surface area contributed by atoms with Gasteiger partial charge in [-0.25, -0.2) is 0 Å². The molecule has 3 aromatic carbocycles. The van der Waals surface area contributed by atoms with Crippen molar-refractivity contribution < 1.29 is 19.4 Å². The predicted octanol–water partition coefficient (Wildman–Crippen LogP) is 6.33. The van der Waals surface area contributed by atoms with E-state index in [1.807, 2.05) is 72.8 Å². The summed E-state index contributed by atoms with van der Waals surface area (Å²) in [5, 5.41) is 12.5. The molecule has 41 heavy (non-hydrogen) atoms. The van der Waals surface area contributed by atoms with Gasteiger partial charge in [0.2, 0.25) is 0 Å². The van der Waals surface area contributed by atoms with Gasteiger partial charge in [0.05, 0.1) is 18.8 Å². The molecule has 2 N–H and O–H groups in total. The monoisotopic (exact) mass is 554 g/mol. The third-order valence-electron chi connectivity index (χ3n) is 8.48. The van der Waals surface area contributed by atoms with Crippen LogP contribution in [0.3, 0.4) is 0 Å². The number of carbonyl (C=O) groups excluding carboxylic acids is 1. The highest BCUT2D eigenvalue weighted by Gasteiger charge is 2.40. The number of hydrogen-bond donors (Lipinski definition) is 2. The number of nitrogens with zero attached hydrogens (tertiary/aromatic N) is 1. The zero-order valence-corrected chi connectivity index (χ0v) is 24.0. The van der Waals surface area contributed by atoms with Gasteiger partial charge >= 0.3 is 0 Å². The van der Waals surface area contributed by atoms with Crippen molar-refractivity contribution in [2.75, 3.05) is 13.1 Å². The Kier molecular flexibility index (Phi) is 10.0. The smallest absolute Gasteiger partial charge is 0.251 e. The third-order valence-corrected chi connectivity index (χ3v) is 8.48. The largest absolute Gasteiger partial charge is 0.392 e. The Morgan fingerprint density at radius 1 is 0.951 bits per heavy atom. The average molecular weight is 555 g/mol. The number of ether oxygens (including phenoxy) is 2. The van der Waals surface area contributed by atoms with E-state index < -0.39 is 6.29 Å². The first-order valence-corrected chi connectivity index (χ1v) is 14.8. The van der Waals surface area contributed by atoms with Crippen molar-refractivity contribution in [2.24, 2.45) is 5.92 Å². The fraction of sp³-hybridized carbons (Fsp3) is 0.400. The van der Waals surface area contributed by atoms with Crippen molar-refractivity contribution in [3.63, 3.8) is 0 Å². The fourth-order valence-corrected chi connectivity index (χ4v) is 6.03. The second-order valence-corrected chi connectivity index (χ2v) is 11.3. The average Bonchev–Trinajstić information content (AvgIpc) is 3.56. The van der Waals surface area contributed by atoms with Gasteiger partial charge < -0.3 is 19.9 Å². The number of benzene rings is 3. The molecule has 2 fully saturated rings. The third kappa shape index (κ3) is 7.32. The molecule has 216 valence electrons. The van der Waals surface area contributed by atoms with Crippen LogP contribution in [0.5, 0.6) is 0 Å². The molecule has 1 saturated carbocycles. The van der Waals surface area contributed by atoms with Crippen molar-refractivity contribution in [1.29, 1.82) is 0 Å². The summed E-state index contributed by atoms with van der Waals surface area (Å²) in [4.78, 5) is 15.0. The molecular weight excluding hydrogens is 512 g/mol. The van der Waals surface area contributed by atoms with Gasteiger partial charge in [-0.3, -0.25) is 9.69 Å². The van der Waals surface area contributed by atoms with Gasteiger partial charge in [0.1, 0.15) is 0 Å². The van der Waals surface area contributed by atoms with E-state index in [1.54, 1.807) is 0 Å². The standard InChI is InChI=1S/C35H42N2O4/c1-3-21-37(31-11-7-8-12-31)23-32-25(2)33(28-17-15-27(24-38)16-18-28)41-35(40-32)30-19-13-26(14-20-30)22-36-34(39)29-9-5-4-6-10-29/h3-6,9-10,13-20,25,31-33,35,38H,1,7-8,11-12,21-24H2,2H3,(H,36,39)/t25-,32+,33+,35+/m0/s1. The molecule has 4 atom stereocenters. The molecule has 2 aliphatic rings. The normalized spacial score (nSPS) is 23.0. The lowest BCUT2D eigenvalue weighted by molar-refractivity contribution is -0.276. The fourth-order valence-electron chi connectivity index (χ4n) is 6.03. The van der Waals surface area contributed by atoms with Crippen molar-refractivity contribution in [2.45, 2.75) is 70.3 Å². The SMILES string of the molecule is C=CCN(C[C@H]1O[C@@H](c2ccc(CNC(=O)c3ccccc3)cc2)O[C@@H](c2ccc(CO)cc2)[C@H]1C)C1CCCC1. The van der Waals surface area contributed by atoms with Gasteiger partial charge in [-0.2, -0.15) is 0 Å². The Balaban J connectivity index is 1.33. The van der Waals surface area contributed by atoms with Gasteiger partial charge in [0, 0.05) is 42.7 Å². The van der Waals surface area contributed by atoms with E-state index in [1.165, 1.54) is 25.7 Å². The summed E-state index contributed by atoms with van der Waals surface area (Å²) in [6, 6.07) is 26.0. The van der Waals surface area contributed by atoms with Crippen molar-refractivity contribution in [3.05, 3.63) is 119 Å². The molecule has 0 bridgehead atoms. The Morgan fingerprint density at radius 2 is 1.61 bits per heavy atom. The zero-order valence-electron chi connectivity index (χ0n) is 24.0. The summed E-state index contributed by atoms with van der Waals surface area (Å²) >= 11 is 0. The van der Waals surface area contributed by atoms with Crippen molar-refractivity contribution >= 4 is 5.91 Å². The van der Waals surface area contributed by atoms with Crippen LogP contribution in [0.1, 0.15) is 77.6 Å². The topological polar surface area (TPSA) is 71.0 Å². The van der Waals surface area contributed by atoms with Crippen LogP contribution in [0, 0.1) is 5.92 Å². The first-order chi connectivity index (χ1) is 20.1. The maximum atomic E-state index is 12.5. The second kappa shape index (κ2) is 14.1. The Hall–Kier alpha value is -3.29. The highest BCUT2D eigenvalue weighted by Crippen LogP contribution is 2.42. The van der Waals surface area contributed by atoms with Gasteiger partial charge in [0.25, 0.3) is 5.91 Å². The lowest BCUT2D eigenvalue weighted by Gasteiger charge is -2.43. The summed E-state index contributed by atoms with van der Waals surface area (Å²) < 4.78 is 13.4. The summed E-state index contributed by atoms with van der Waals surface area (Å²) in [6.45, 7) is 8.37. The van der Waals surface area contributed by atoms with Crippen molar-refractivity contribution in [3.8, 4) is 0 Å². The molecule has 1 heterocycles.